The van der Waals surface area contributed by atoms with E-state index < -0.39 is 0 Å². The van der Waals surface area contributed by atoms with Crippen molar-refractivity contribution in [2.75, 3.05) is 0 Å². The van der Waals surface area contributed by atoms with Crippen molar-refractivity contribution < 1.29 is 0 Å². The minimum atomic E-state index is 0.583. The number of hydrogen-bond donors (Lipinski definition) is 0. The first-order chi connectivity index (χ1) is 7.34. The van der Waals surface area contributed by atoms with Crippen LogP contribution in [0.15, 0.2) is 67.3 Å². The molecule has 0 N–H and O–H groups in total. The zero-order valence-electron chi connectivity index (χ0n) is 9.27. The van der Waals surface area contributed by atoms with Gasteiger partial charge in [-0.1, -0.05) is 74.2 Å². The molecule has 0 saturated heterocycles. The highest BCUT2D eigenvalue weighted by molar-refractivity contribution is 5.20. The average Bonchev–Trinajstić information content (AvgIpc) is 2.30. The van der Waals surface area contributed by atoms with Crippen molar-refractivity contribution in [3.8, 4) is 0 Å². The van der Waals surface area contributed by atoms with Gasteiger partial charge in [-0.05, 0) is 17.9 Å². The molecule has 0 aromatic heterocycles. The van der Waals surface area contributed by atoms with Gasteiger partial charge in [0.1, 0.15) is 0 Å². The van der Waals surface area contributed by atoms with Gasteiger partial charge in [0.15, 0.2) is 0 Å². The largest absolute Gasteiger partial charge is 0.0991 e. The predicted molar refractivity (Wildman–Crippen MR) is 68.0 cm³/mol. The molecule has 15 heavy (non-hydrogen) atoms. The first-order valence-electron chi connectivity index (χ1n) is 5.33. The van der Waals surface area contributed by atoms with Crippen molar-refractivity contribution in [3.05, 3.63) is 72.9 Å². The van der Waals surface area contributed by atoms with E-state index >= 15 is 0 Å². The molecule has 0 radical (unpaired) electrons. The molecule has 1 aromatic carbocycles. The van der Waals surface area contributed by atoms with E-state index in [1.165, 1.54) is 5.56 Å². The van der Waals surface area contributed by atoms with E-state index in [9.17, 15) is 0 Å². The van der Waals surface area contributed by atoms with Crippen LogP contribution in [0.5, 0.6) is 0 Å². The summed E-state index contributed by atoms with van der Waals surface area (Å²) < 4.78 is 0. The first kappa shape index (κ1) is 11.5. The topological polar surface area (TPSA) is 0 Å². The van der Waals surface area contributed by atoms with Crippen LogP contribution < -0.4 is 0 Å². The van der Waals surface area contributed by atoms with Crippen molar-refractivity contribution >= 4 is 0 Å². The monoisotopic (exact) mass is 198 g/mol. The maximum Gasteiger partial charge on any atom is -0.0156 e. The van der Waals surface area contributed by atoms with E-state index in [-0.39, 0.29) is 0 Å². The lowest BCUT2D eigenvalue weighted by atomic mass is 9.98. The van der Waals surface area contributed by atoms with Crippen LogP contribution >= 0.6 is 0 Å². The molecule has 0 amide bonds. The fraction of sp³-hybridized carbons (Fsp3) is 0.200. The van der Waals surface area contributed by atoms with Gasteiger partial charge in [-0.2, -0.15) is 0 Å². The fourth-order valence-electron chi connectivity index (χ4n) is 1.42. The van der Waals surface area contributed by atoms with Gasteiger partial charge in [0.05, 0.1) is 0 Å². The molecule has 0 saturated carbocycles. The molecule has 0 fully saturated rings. The molecule has 1 rings (SSSR count). The zero-order valence-corrected chi connectivity index (χ0v) is 9.27. The van der Waals surface area contributed by atoms with Crippen molar-refractivity contribution in [2.45, 2.75) is 19.3 Å². The van der Waals surface area contributed by atoms with Gasteiger partial charge in [-0.15, -0.1) is 0 Å². The number of allylic oxidation sites excluding steroid dienone is 5. The Kier molecular flexibility index (Phi) is 5.24. The van der Waals surface area contributed by atoms with Crippen LogP contribution in [0.4, 0.5) is 0 Å². The molecule has 0 heterocycles. The van der Waals surface area contributed by atoms with Crippen molar-refractivity contribution in [3.63, 3.8) is 0 Å². The molecule has 0 nitrogen and oxygen atoms in total. The lowest BCUT2D eigenvalue weighted by Gasteiger charge is -2.07. The van der Waals surface area contributed by atoms with Crippen LogP contribution in [-0.2, 0) is 0 Å². The summed E-state index contributed by atoms with van der Waals surface area (Å²) in [7, 11) is 0. The van der Waals surface area contributed by atoms with Crippen LogP contribution in [0.1, 0.15) is 24.8 Å². The Morgan fingerprint density at radius 1 is 1.13 bits per heavy atom. The summed E-state index contributed by atoms with van der Waals surface area (Å²) in [5.74, 6) is 0.583. The SMILES string of the molecule is C=C/C=C\C=C/CC(C)c1ccccc1. The Morgan fingerprint density at radius 3 is 2.53 bits per heavy atom. The lowest BCUT2D eigenvalue weighted by molar-refractivity contribution is 0.781. The van der Waals surface area contributed by atoms with Gasteiger partial charge in [0, 0.05) is 0 Å². The van der Waals surface area contributed by atoms with Gasteiger partial charge in [-0.3, -0.25) is 0 Å². The molecular formula is C15H18. The highest BCUT2D eigenvalue weighted by Gasteiger charge is 2.00. The van der Waals surface area contributed by atoms with Gasteiger partial charge in [0.2, 0.25) is 0 Å². The van der Waals surface area contributed by atoms with E-state index in [1.54, 1.807) is 6.08 Å². The number of rotatable bonds is 5. The minimum Gasteiger partial charge on any atom is -0.0991 e. The molecule has 0 spiro atoms. The summed E-state index contributed by atoms with van der Waals surface area (Å²) in [6.45, 7) is 5.87. The summed E-state index contributed by atoms with van der Waals surface area (Å²) >= 11 is 0. The molecule has 1 unspecified atom stereocenters. The molecule has 1 atom stereocenters. The summed E-state index contributed by atoms with van der Waals surface area (Å²) in [4.78, 5) is 0. The van der Waals surface area contributed by atoms with E-state index in [1.807, 2.05) is 12.2 Å². The third kappa shape index (κ3) is 4.46. The Balaban J connectivity index is 2.43. The van der Waals surface area contributed by atoms with Crippen molar-refractivity contribution in [1.29, 1.82) is 0 Å². The van der Waals surface area contributed by atoms with E-state index in [4.69, 9.17) is 0 Å². The second kappa shape index (κ2) is 6.83. The molecular weight excluding hydrogens is 180 g/mol. The van der Waals surface area contributed by atoms with Gasteiger partial charge < -0.3 is 0 Å². The zero-order chi connectivity index (χ0) is 10.9. The predicted octanol–water partition coefficient (Wildman–Crippen LogP) is 4.48. The van der Waals surface area contributed by atoms with E-state index in [0.29, 0.717) is 5.92 Å². The summed E-state index contributed by atoms with van der Waals surface area (Å²) in [5, 5.41) is 0. The maximum absolute atomic E-state index is 3.62. The Labute approximate surface area is 92.6 Å². The lowest BCUT2D eigenvalue weighted by Crippen LogP contribution is -1.90. The molecule has 0 heteroatoms. The second-order valence-electron chi connectivity index (χ2n) is 3.60. The molecule has 0 aliphatic heterocycles. The normalized spacial score (nSPS) is 13.4. The van der Waals surface area contributed by atoms with Crippen LogP contribution in [0.3, 0.4) is 0 Å². The van der Waals surface area contributed by atoms with Gasteiger partial charge in [0.25, 0.3) is 0 Å². The van der Waals surface area contributed by atoms with Crippen LogP contribution in [0, 0.1) is 0 Å². The third-order valence-electron chi connectivity index (χ3n) is 2.35. The summed E-state index contributed by atoms with van der Waals surface area (Å²) in [5.41, 5.74) is 1.40. The smallest absolute Gasteiger partial charge is 0.0156 e. The van der Waals surface area contributed by atoms with Crippen LogP contribution in [0.25, 0.3) is 0 Å². The first-order valence-corrected chi connectivity index (χ1v) is 5.33. The highest BCUT2D eigenvalue weighted by Crippen LogP contribution is 2.18. The number of benzene rings is 1. The molecule has 0 aliphatic carbocycles. The molecule has 1 aromatic rings. The van der Waals surface area contributed by atoms with Gasteiger partial charge in [-0.25, -0.2) is 0 Å². The maximum atomic E-state index is 3.62. The Hall–Kier alpha value is -1.56. The third-order valence-corrected chi connectivity index (χ3v) is 2.35. The fourth-order valence-corrected chi connectivity index (χ4v) is 1.42. The van der Waals surface area contributed by atoms with Crippen LogP contribution in [0.2, 0.25) is 0 Å². The van der Waals surface area contributed by atoms with E-state index in [0.717, 1.165) is 6.42 Å². The van der Waals surface area contributed by atoms with Crippen molar-refractivity contribution in [1.82, 2.24) is 0 Å². The molecule has 0 bridgehead atoms. The summed E-state index contributed by atoms with van der Waals surface area (Å²) in [6, 6.07) is 10.6. The van der Waals surface area contributed by atoms with Gasteiger partial charge >= 0.3 is 0 Å². The highest BCUT2D eigenvalue weighted by atomic mass is 14.1. The molecule has 78 valence electrons. The quantitative estimate of drug-likeness (QED) is 0.612. The average molecular weight is 198 g/mol. The standard InChI is InChI=1S/C15H18/c1-3-4-5-6-8-11-14(2)15-12-9-7-10-13-15/h3-10,12-14H,1,11H2,2H3/b5-4-,8-6-. The Morgan fingerprint density at radius 2 is 1.87 bits per heavy atom. The van der Waals surface area contributed by atoms with Crippen LogP contribution in [-0.4, -0.2) is 0 Å². The molecule has 0 aliphatic rings. The number of hydrogen-bond acceptors (Lipinski definition) is 0. The Bertz CT molecular complexity index is 330. The summed E-state index contributed by atoms with van der Waals surface area (Å²) in [6.07, 6.45) is 11.1. The van der Waals surface area contributed by atoms with E-state index in [2.05, 4.69) is 56.0 Å². The van der Waals surface area contributed by atoms with Crippen molar-refractivity contribution in [2.24, 2.45) is 0 Å². The second-order valence-corrected chi connectivity index (χ2v) is 3.60. The minimum absolute atomic E-state index is 0.583.